The minimum Gasteiger partial charge on any atom is -0.351 e. The van der Waals surface area contributed by atoms with Crippen molar-refractivity contribution >= 4 is 27.5 Å². The van der Waals surface area contributed by atoms with Crippen LogP contribution in [-0.2, 0) is 20.4 Å². The van der Waals surface area contributed by atoms with Gasteiger partial charge in [-0.25, -0.2) is 12.8 Å². The molecular formula is C14H18FNO3S2. The molecule has 1 heterocycles. The van der Waals surface area contributed by atoms with Crippen molar-refractivity contribution < 1.29 is 17.6 Å². The molecule has 21 heavy (non-hydrogen) atoms. The maximum atomic E-state index is 12.8. The Morgan fingerprint density at radius 1 is 1.43 bits per heavy atom. The first kappa shape index (κ1) is 16.3. The van der Waals surface area contributed by atoms with Crippen LogP contribution >= 0.6 is 11.8 Å². The highest BCUT2D eigenvalue weighted by Crippen LogP contribution is 2.19. The van der Waals surface area contributed by atoms with Gasteiger partial charge in [0, 0.05) is 11.8 Å². The van der Waals surface area contributed by atoms with Gasteiger partial charge in [0.05, 0.1) is 16.8 Å². The van der Waals surface area contributed by atoms with Crippen LogP contribution in [0.2, 0.25) is 0 Å². The number of thioether (sulfide) groups is 1. The van der Waals surface area contributed by atoms with Crippen LogP contribution in [0.4, 0.5) is 4.39 Å². The van der Waals surface area contributed by atoms with Gasteiger partial charge in [-0.05, 0) is 31.0 Å². The molecule has 1 aliphatic heterocycles. The van der Waals surface area contributed by atoms with Gasteiger partial charge in [0.25, 0.3) is 0 Å². The van der Waals surface area contributed by atoms with E-state index in [4.69, 9.17) is 0 Å². The van der Waals surface area contributed by atoms with Crippen LogP contribution in [0.5, 0.6) is 0 Å². The van der Waals surface area contributed by atoms with E-state index in [0.717, 1.165) is 5.56 Å². The lowest BCUT2D eigenvalue weighted by Crippen LogP contribution is -2.40. The zero-order chi connectivity index (χ0) is 15.5. The van der Waals surface area contributed by atoms with E-state index in [1.54, 1.807) is 19.1 Å². The van der Waals surface area contributed by atoms with Gasteiger partial charge in [-0.1, -0.05) is 12.1 Å². The molecule has 0 spiro atoms. The van der Waals surface area contributed by atoms with Crippen molar-refractivity contribution in [1.29, 1.82) is 0 Å². The van der Waals surface area contributed by atoms with Crippen LogP contribution in [0.1, 0.15) is 18.9 Å². The van der Waals surface area contributed by atoms with Gasteiger partial charge in [-0.3, -0.25) is 4.79 Å². The van der Waals surface area contributed by atoms with Crippen molar-refractivity contribution in [1.82, 2.24) is 5.32 Å². The minimum atomic E-state index is -2.98. The lowest BCUT2D eigenvalue weighted by atomic mass is 10.2. The van der Waals surface area contributed by atoms with Gasteiger partial charge in [0.1, 0.15) is 5.82 Å². The van der Waals surface area contributed by atoms with Crippen molar-refractivity contribution in [2.45, 2.75) is 30.4 Å². The Bertz CT molecular complexity index is 601. The number of carbonyl (C=O) groups excluding carboxylic acids is 1. The molecule has 0 aromatic heterocycles. The third-order valence-electron chi connectivity index (χ3n) is 3.36. The molecule has 0 radical (unpaired) electrons. The molecule has 4 nitrogen and oxygen atoms in total. The van der Waals surface area contributed by atoms with Crippen LogP contribution in [0.25, 0.3) is 0 Å². The average molecular weight is 331 g/mol. The molecule has 1 aliphatic rings. The van der Waals surface area contributed by atoms with E-state index in [-0.39, 0.29) is 34.5 Å². The van der Waals surface area contributed by atoms with Crippen LogP contribution < -0.4 is 5.32 Å². The number of sulfone groups is 1. The first-order chi connectivity index (χ1) is 9.85. The van der Waals surface area contributed by atoms with Gasteiger partial charge >= 0.3 is 0 Å². The second-order valence-electron chi connectivity index (χ2n) is 5.19. The summed E-state index contributed by atoms with van der Waals surface area (Å²) in [5.41, 5.74) is 0.949. The van der Waals surface area contributed by atoms with Gasteiger partial charge in [0.2, 0.25) is 5.91 Å². The summed E-state index contributed by atoms with van der Waals surface area (Å²) in [6.45, 7) is 1.78. The van der Waals surface area contributed by atoms with E-state index in [2.05, 4.69) is 5.32 Å². The zero-order valence-corrected chi connectivity index (χ0v) is 13.3. The highest BCUT2D eigenvalue weighted by atomic mass is 32.2. The first-order valence-corrected chi connectivity index (χ1v) is 9.59. The number of benzene rings is 1. The van der Waals surface area contributed by atoms with Crippen LogP contribution in [-0.4, -0.2) is 37.1 Å². The van der Waals surface area contributed by atoms with Crippen molar-refractivity contribution in [3.05, 3.63) is 35.6 Å². The summed E-state index contributed by atoms with van der Waals surface area (Å²) in [5, 5.41) is 2.50. The predicted octanol–water partition coefficient (Wildman–Crippen LogP) is 1.75. The summed E-state index contributed by atoms with van der Waals surface area (Å²) in [4.78, 5) is 12.0. The molecule has 1 N–H and O–H groups in total. The molecule has 0 bridgehead atoms. The Labute approximate surface area is 128 Å². The fraction of sp³-hybridized carbons (Fsp3) is 0.500. The quantitative estimate of drug-likeness (QED) is 0.893. The Balaban J connectivity index is 1.79. The molecule has 1 amide bonds. The monoisotopic (exact) mass is 331 g/mol. The second kappa shape index (κ2) is 6.79. The lowest BCUT2D eigenvalue weighted by molar-refractivity contribution is -0.120. The minimum absolute atomic E-state index is 0.0358. The maximum absolute atomic E-state index is 12.8. The predicted molar refractivity (Wildman–Crippen MR) is 82.4 cm³/mol. The van der Waals surface area contributed by atoms with Crippen molar-refractivity contribution in [2.24, 2.45) is 0 Å². The zero-order valence-electron chi connectivity index (χ0n) is 11.7. The van der Waals surface area contributed by atoms with E-state index in [1.807, 2.05) is 0 Å². The van der Waals surface area contributed by atoms with Gasteiger partial charge in [-0.15, -0.1) is 11.8 Å². The smallest absolute Gasteiger partial charge is 0.233 e. The Hall–Kier alpha value is -1.08. The maximum Gasteiger partial charge on any atom is 0.233 e. The van der Waals surface area contributed by atoms with E-state index in [1.165, 1.54) is 23.9 Å². The molecular weight excluding hydrogens is 313 g/mol. The molecule has 1 aromatic carbocycles. The van der Waals surface area contributed by atoms with Crippen LogP contribution in [0.3, 0.4) is 0 Å². The molecule has 7 heteroatoms. The number of hydrogen-bond donors (Lipinski definition) is 1. The summed E-state index contributed by atoms with van der Waals surface area (Å²) >= 11 is 1.44. The Morgan fingerprint density at radius 2 is 2.10 bits per heavy atom. The standard InChI is InChI=1S/C14H18FNO3S2/c1-10(20-8-11-2-4-12(15)5-3-11)14(17)16-13-6-7-21(18,19)9-13/h2-5,10,13H,6-9H2,1H3,(H,16,17)/t10-,13-/m1/s1. The number of nitrogens with one attached hydrogen (secondary N) is 1. The van der Waals surface area contributed by atoms with E-state index >= 15 is 0 Å². The molecule has 2 atom stereocenters. The topological polar surface area (TPSA) is 63.2 Å². The summed E-state index contributed by atoms with van der Waals surface area (Å²) in [7, 11) is -2.98. The third-order valence-corrected chi connectivity index (χ3v) is 6.34. The SMILES string of the molecule is C[C@@H](SCc1ccc(F)cc1)C(=O)N[C@@H]1CCS(=O)(=O)C1. The fourth-order valence-electron chi connectivity index (χ4n) is 2.10. The molecule has 1 fully saturated rings. The normalized spacial score (nSPS) is 21.9. The molecule has 0 saturated carbocycles. The largest absolute Gasteiger partial charge is 0.351 e. The Kier molecular flexibility index (Phi) is 5.27. The van der Waals surface area contributed by atoms with E-state index < -0.39 is 9.84 Å². The molecule has 2 rings (SSSR count). The molecule has 116 valence electrons. The molecule has 1 saturated heterocycles. The molecule has 0 aliphatic carbocycles. The Morgan fingerprint density at radius 3 is 2.67 bits per heavy atom. The highest BCUT2D eigenvalue weighted by molar-refractivity contribution is 7.99. The van der Waals surface area contributed by atoms with Crippen LogP contribution in [0, 0.1) is 5.82 Å². The van der Waals surface area contributed by atoms with Gasteiger partial charge < -0.3 is 5.32 Å². The number of carbonyl (C=O) groups is 1. The summed E-state index contributed by atoms with van der Waals surface area (Å²) in [5.74, 6) is 0.363. The number of hydrogen-bond acceptors (Lipinski definition) is 4. The second-order valence-corrected chi connectivity index (χ2v) is 8.75. The fourth-order valence-corrected chi connectivity index (χ4v) is 4.63. The third kappa shape index (κ3) is 5.00. The van der Waals surface area contributed by atoms with Crippen molar-refractivity contribution in [2.75, 3.05) is 11.5 Å². The summed E-state index contributed by atoms with van der Waals surface area (Å²) < 4.78 is 35.5. The highest BCUT2D eigenvalue weighted by Gasteiger charge is 2.29. The van der Waals surface area contributed by atoms with Crippen LogP contribution in [0.15, 0.2) is 24.3 Å². The average Bonchev–Trinajstić information content (AvgIpc) is 2.77. The van der Waals surface area contributed by atoms with Crippen molar-refractivity contribution in [3.8, 4) is 0 Å². The molecule has 0 unspecified atom stereocenters. The summed E-state index contributed by atoms with van der Waals surface area (Å²) in [6, 6.07) is 5.90. The van der Waals surface area contributed by atoms with E-state index in [0.29, 0.717) is 12.2 Å². The molecule has 1 aromatic rings. The number of halogens is 1. The summed E-state index contributed by atoms with van der Waals surface area (Å²) in [6.07, 6.45) is 0.490. The van der Waals surface area contributed by atoms with E-state index in [9.17, 15) is 17.6 Å². The first-order valence-electron chi connectivity index (χ1n) is 6.72. The van der Waals surface area contributed by atoms with Gasteiger partial charge in [-0.2, -0.15) is 0 Å². The lowest BCUT2D eigenvalue weighted by Gasteiger charge is -2.15. The number of rotatable bonds is 5. The number of amides is 1. The van der Waals surface area contributed by atoms with Gasteiger partial charge in [0.15, 0.2) is 9.84 Å². The van der Waals surface area contributed by atoms with Crippen molar-refractivity contribution in [3.63, 3.8) is 0 Å².